The number of amides is 5. The fourth-order valence-electron chi connectivity index (χ4n) is 11.6. The standard InChI is InChI=1S/C54H66F2N12O6S/c1-31(33-12-14-35(15-13-33)47-32(2)57-30-75-47)59-49(72)41-20-38(69)27-67(41)51(74)48(52(3,4)5)61-43(70)28-64-16-18-65(19-17-64)29-44(71)66-24-36(25-66)46(34-10-8-7-9-11-34)68-26-37(23-58-68)60-50(73)45-39-21-42-53(6,54(42,55)56)22-40(39)62-63-45/h7-15,23,26,30-31,36,38,41-42,46,48,69H,16-22,24-25,27-29H2,1-6H3,(H,59,72)(H,60,73)(H,61,70)(H,62,63)/t31-,38+,41-,42-,46+,48?,53+/m0/s1. The number of nitrogens with one attached hydrogen (secondary N) is 4. The largest absolute Gasteiger partial charge is 0.391 e. The number of alkyl halides is 2. The first kappa shape index (κ1) is 52.0. The molecule has 3 aliphatic heterocycles. The number of fused-ring (bicyclic) bond motifs is 2. The number of β-amino-alcohol motifs (C(OH)–C–C–N with tert-alkyl or cyclic N) is 1. The molecular formula is C54H66F2N12O6S. The second kappa shape index (κ2) is 20.3. The molecule has 18 nitrogen and oxygen atoms in total. The van der Waals surface area contributed by atoms with Crippen LogP contribution in [0.1, 0.15) is 91.7 Å². The quantitative estimate of drug-likeness (QED) is 0.0970. The van der Waals surface area contributed by atoms with Crippen LogP contribution in [-0.2, 0) is 32.0 Å². The predicted molar refractivity (Wildman–Crippen MR) is 277 cm³/mol. The third kappa shape index (κ3) is 10.3. The third-order valence-corrected chi connectivity index (χ3v) is 17.2. The van der Waals surface area contributed by atoms with Gasteiger partial charge in [-0.25, -0.2) is 13.8 Å². The molecular weight excluding hydrogens is 983 g/mol. The lowest BCUT2D eigenvalue weighted by Crippen LogP contribution is -2.59. The molecule has 1 saturated carbocycles. The summed E-state index contributed by atoms with van der Waals surface area (Å²) < 4.78 is 30.9. The Morgan fingerprint density at radius 2 is 1.63 bits per heavy atom. The topological polar surface area (TPSA) is 214 Å². The number of hydrogen-bond donors (Lipinski definition) is 5. The van der Waals surface area contributed by atoms with Crippen LogP contribution in [0.2, 0.25) is 0 Å². The van der Waals surface area contributed by atoms with Crippen molar-refractivity contribution in [1.82, 2.24) is 55.2 Å². The minimum Gasteiger partial charge on any atom is -0.391 e. The molecule has 5 aromatic rings. The van der Waals surface area contributed by atoms with Crippen LogP contribution in [0.25, 0.3) is 10.4 Å². The maximum absolute atomic E-state index is 14.6. The maximum Gasteiger partial charge on any atom is 0.276 e. The summed E-state index contributed by atoms with van der Waals surface area (Å²) in [5, 5.41) is 31.3. The first-order valence-electron chi connectivity index (χ1n) is 25.8. The summed E-state index contributed by atoms with van der Waals surface area (Å²) in [4.78, 5) is 81.6. The van der Waals surface area contributed by atoms with E-state index in [0.717, 1.165) is 27.3 Å². The number of aromatic amines is 1. The summed E-state index contributed by atoms with van der Waals surface area (Å²) in [7, 11) is 0. The lowest BCUT2D eigenvalue weighted by molar-refractivity contribution is -0.144. The Balaban J connectivity index is 0.689. The average Bonchev–Trinajstić information content (AvgIpc) is 4.08. The van der Waals surface area contributed by atoms with Crippen molar-refractivity contribution >= 4 is 46.6 Å². The van der Waals surface area contributed by atoms with Gasteiger partial charge in [0.1, 0.15) is 12.1 Å². The Morgan fingerprint density at radius 1 is 0.933 bits per heavy atom. The van der Waals surface area contributed by atoms with Gasteiger partial charge in [0.25, 0.3) is 11.8 Å². The van der Waals surface area contributed by atoms with E-state index in [0.29, 0.717) is 56.2 Å². The number of carbonyl (C=O) groups excluding carboxylic acids is 5. The number of anilines is 1. The van der Waals surface area contributed by atoms with E-state index >= 15 is 0 Å². The van der Waals surface area contributed by atoms with Gasteiger partial charge in [0.2, 0.25) is 23.6 Å². The van der Waals surface area contributed by atoms with Crippen molar-refractivity contribution < 1.29 is 37.9 Å². The molecule has 4 fully saturated rings. The summed E-state index contributed by atoms with van der Waals surface area (Å²) in [5.41, 5.74) is 5.55. The number of benzene rings is 2. The highest BCUT2D eigenvalue weighted by Gasteiger charge is 2.78. The second-order valence-electron chi connectivity index (χ2n) is 22.5. The number of halogens is 2. The summed E-state index contributed by atoms with van der Waals surface area (Å²) in [6.07, 6.45) is 2.73. The maximum atomic E-state index is 14.6. The highest BCUT2D eigenvalue weighted by Crippen LogP contribution is 2.70. The molecule has 0 radical (unpaired) electrons. The van der Waals surface area contributed by atoms with Crippen LogP contribution in [0.15, 0.2) is 72.5 Å². The highest BCUT2D eigenvalue weighted by molar-refractivity contribution is 7.13. The van der Waals surface area contributed by atoms with E-state index in [-0.39, 0.29) is 80.3 Å². The number of piperazine rings is 1. The van der Waals surface area contributed by atoms with Crippen LogP contribution >= 0.6 is 11.3 Å². The lowest BCUT2D eigenvalue weighted by Gasteiger charge is -2.44. The molecule has 7 atom stereocenters. The number of aromatic nitrogens is 5. The van der Waals surface area contributed by atoms with Gasteiger partial charge in [-0.3, -0.25) is 43.6 Å². The zero-order valence-corrected chi connectivity index (χ0v) is 44.0. The minimum absolute atomic E-state index is 0.000739. The third-order valence-electron chi connectivity index (χ3n) is 16.3. The summed E-state index contributed by atoms with van der Waals surface area (Å²) in [5.74, 6) is -5.18. The van der Waals surface area contributed by atoms with Crippen LogP contribution in [0.3, 0.4) is 0 Å². The number of H-pyrrole nitrogens is 1. The van der Waals surface area contributed by atoms with Gasteiger partial charge in [0.15, 0.2) is 5.69 Å². The van der Waals surface area contributed by atoms with Crippen molar-refractivity contribution in [3.8, 4) is 10.4 Å². The molecule has 21 heteroatoms. The van der Waals surface area contributed by atoms with Gasteiger partial charge in [-0.05, 0) is 42.4 Å². The fraction of sp³-hybridized carbons (Fsp3) is 0.519. The first-order chi connectivity index (χ1) is 35.7. The predicted octanol–water partition coefficient (Wildman–Crippen LogP) is 4.70. The van der Waals surface area contributed by atoms with Gasteiger partial charge in [-0.1, -0.05) is 82.3 Å². The monoisotopic (exact) mass is 1050 g/mol. The molecule has 5 amide bonds. The van der Waals surface area contributed by atoms with Gasteiger partial charge >= 0.3 is 0 Å². The molecule has 75 heavy (non-hydrogen) atoms. The molecule has 3 aromatic heterocycles. The van der Waals surface area contributed by atoms with Gasteiger partial charge in [0, 0.05) is 93.4 Å². The molecule has 1 unspecified atom stereocenters. The Bertz CT molecular complexity index is 2940. The molecule has 10 rings (SSSR count). The molecule has 0 bridgehead atoms. The van der Waals surface area contributed by atoms with Crippen molar-refractivity contribution in [1.29, 1.82) is 0 Å². The lowest BCUT2D eigenvalue weighted by atomic mass is 9.85. The number of carbonyl (C=O) groups is 5. The molecule has 6 heterocycles. The molecule has 0 spiro atoms. The van der Waals surface area contributed by atoms with Crippen molar-refractivity contribution in [3.63, 3.8) is 0 Å². The number of hydrogen-bond acceptors (Lipinski definition) is 12. The normalized spacial score (nSPS) is 23.8. The van der Waals surface area contributed by atoms with Crippen LogP contribution in [-0.4, -0.2) is 162 Å². The summed E-state index contributed by atoms with van der Waals surface area (Å²) in [6, 6.07) is 15.3. The van der Waals surface area contributed by atoms with Crippen LogP contribution in [0.4, 0.5) is 14.5 Å². The number of aryl methyl sites for hydroxylation is 1. The smallest absolute Gasteiger partial charge is 0.276 e. The molecule has 2 aliphatic carbocycles. The van der Waals surface area contributed by atoms with Gasteiger partial charge in [-0.2, -0.15) is 10.2 Å². The van der Waals surface area contributed by atoms with E-state index in [2.05, 4.69) is 41.1 Å². The Hall–Kier alpha value is -6.42. The SMILES string of the molecule is Cc1ncsc1-c1ccc([C@H](C)NC(=O)[C@@H]2C[C@@H](O)CN2C(=O)C(NC(=O)CN2CCN(CC(=O)N3CC([C@@H](c4ccccc4)n4cc(NC(=O)c5n[nH]c6c5C[C@@H]5C(F)(F)[C@]5(C)C6)cn4)C3)CC2)C(C)(C)C)cc1. The van der Waals surface area contributed by atoms with Crippen molar-refractivity contribution in [2.24, 2.45) is 22.7 Å². The minimum atomic E-state index is -2.77. The van der Waals surface area contributed by atoms with Crippen LogP contribution in [0.5, 0.6) is 0 Å². The highest BCUT2D eigenvalue weighted by atomic mass is 32.1. The Morgan fingerprint density at radius 3 is 2.29 bits per heavy atom. The zero-order chi connectivity index (χ0) is 53.1. The number of aliphatic hydroxyl groups is 1. The Labute approximate surface area is 438 Å². The van der Waals surface area contributed by atoms with E-state index < -0.39 is 52.7 Å². The molecule has 398 valence electrons. The molecule has 5 aliphatic rings. The van der Waals surface area contributed by atoms with E-state index in [9.17, 15) is 37.9 Å². The number of nitrogens with zero attached hydrogens (tertiary/aromatic N) is 8. The molecule has 3 saturated heterocycles. The molecule has 2 aromatic carbocycles. The summed E-state index contributed by atoms with van der Waals surface area (Å²) >= 11 is 1.57. The first-order valence-corrected chi connectivity index (χ1v) is 26.7. The van der Waals surface area contributed by atoms with E-state index in [1.54, 1.807) is 35.3 Å². The zero-order valence-electron chi connectivity index (χ0n) is 43.2. The number of thiazole rings is 1. The van der Waals surface area contributed by atoms with Crippen molar-refractivity contribution in [2.45, 2.75) is 97.0 Å². The van der Waals surface area contributed by atoms with Crippen LogP contribution < -0.4 is 16.0 Å². The van der Waals surface area contributed by atoms with E-state index in [1.807, 2.05) is 105 Å². The van der Waals surface area contributed by atoms with Crippen LogP contribution in [0, 0.1) is 29.6 Å². The number of rotatable bonds is 15. The van der Waals surface area contributed by atoms with E-state index in [4.69, 9.17) is 0 Å². The second-order valence-corrected chi connectivity index (χ2v) is 23.4. The number of aliphatic hydroxyl groups excluding tert-OH is 1. The van der Waals surface area contributed by atoms with Crippen molar-refractivity contribution in [2.75, 3.05) is 64.2 Å². The van der Waals surface area contributed by atoms with Gasteiger partial charge < -0.3 is 30.9 Å². The Kier molecular flexibility index (Phi) is 14.1. The number of likely N-dealkylation sites (tertiary alicyclic amines) is 2. The van der Waals surface area contributed by atoms with Gasteiger partial charge in [-0.15, -0.1) is 11.3 Å². The average molecular weight is 1050 g/mol. The fourth-order valence-corrected chi connectivity index (χ4v) is 12.4. The van der Waals surface area contributed by atoms with E-state index in [1.165, 1.54) is 4.90 Å². The van der Waals surface area contributed by atoms with Crippen molar-refractivity contribution in [3.05, 3.63) is 106 Å². The summed E-state index contributed by atoms with van der Waals surface area (Å²) in [6.45, 7) is 14.5. The van der Waals surface area contributed by atoms with Gasteiger partial charge in [0.05, 0.1) is 59.2 Å². The molecule has 5 N–H and O–H groups in total.